The summed E-state index contributed by atoms with van der Waals surface area (Å²) in [4.78, 5) is 41.4. The Bertz CT molecular complexity index is 1440. The third-order valence-electron chi connectivity index (χ3n) is 4.91. The molecule has 2 heterocycles. The van der Waals surface area contributed by atoms with Crippen LogP contribution in [0.25, 0.3) is 10.9 Å². The maximum atomic E-state index is 13.0. The van der Waals surface area contributed by atoms with Crippen molar-refractivity contribution in [1.29, 1.82) is 0 Å². The predicted molar refractivity (Wildman–Crippen MR) is 133 cm³/mol. The number of nitrogens with one attached hydrogen (secondary N) is 2. The van der Waals surface area contributed by atoms with Crippen molar-refractivity contribution in [1.82, 2.24) is 20.1 Å². The number of fused-ring (bicyclic) bond motifs is 1. The molecule has 2 amide bonds. The van der Waals surface area contributed by atoms with E-state index in [1.54, 1.807) is 75.4 Å². The van der Waals surface area contributed by atoms with Gasteiger partial charge < -0.3 is 20.1 Å². The second-order valence-electron chi connectivity index (χ2n) is 8.79. The van der Waals surface area contributed by atoms with Gasteiger partial charge in [-0.2, -0.15) is 9.78 Å². The van der Waals surface area contributed by atoms with Crippen LogP contribution >= 0.6 is 0 Å². The summed E-state index contributed by atoms with van der Waals surface area (Å²) in [7, 11) is 1.52. The number of nitrogens with zero attached hydrogens (tertiary/aromatic N) is 3. The molecule has 0 fully saturated rings. The Morgan fingerprint density at radius 3 is 2.33 bits per heavy atom. The van der Waals surface area contributed by atoms with Crippen molar-refractivity contribution >= 4 is 34.5 Å². The normalized spacial score (nSPS) is 11.1. The molecule has 36 heavy (non-hydrogen) atoms. The lowest BCUT2D eigenvalue weighted by Gasteiger charge is -2.19. The van der Waals surface area contributed by atoms with Crippen LogP contribution in [0.15, 0.2) is 66.9 Å². The first-order valence-corrected chi connectivity index (χ1v) is 11.1. The molecule has 0 unspecified atom stereocenters. The summed E-state index contributed by atoms with van der Waals surface area (Å²) < 4.78 is 12.3. The average Bonchev–Trinajstić information content (AvgIpc) is 3.24. The van der Waals surface area contributed by atoms with Crippen molar-refractivity contribution < 1.29 is 23.9 Å². The lowest BCUT2D eigenvalue weighted by molar-refractivity contribution is 0.0522. The number of anilines is 1. The molecule has 4 rings (SSSR count). The largest absolute Gasteiger partial charge is 0.457 e. The topological polar surface area (TPSA) is 124 Å². The lowest BCUT2D eigenvalue weighted by atomic mass is 10.2. The highest BCUT2D eigenvalue weighted by molar-refractivity contribution is 6.12. The van der Waals surface area contributed by atoms with Crippen molar-refractivity contribution in [3.8, 4) is 11.5 Å². The van der Waals surface area contributed by atoms with E-state index in [0.717, 1.165) is 4.68 Å². The lowest BCUT2D eigenvalue weighted by Crippen LogP contribution is -2.28. The first kappa shape index (κ1) is 24.4. The maximum absolute atomic E-state index is 13.0. The molecule has 0 atom stereocenters. The Labute approximate surface area is 207 Å². The number of aromatic nitrogens is 3. The van der Waals surface area contributed by atoms with Crippen LogP contribution in [-0.4, -0.2) is 45.3 Å². The summed E-state index contributed by atoms with van der Waals surface area (Å²) in [5.41, 5.74) is 0.585. The molecule has 0 saturated carbocycles. The van der Waals surface area contributed by atoms with E-state index < -0.39 is 17.6 Å². The van der Waals surface area contributed by atoms with E-state index in [1.807, 2.05) is 0 Å². The fourth-order valence-electron chi connectivity index (χ4n) is 3.34. The zero-order valence-corrected chi connectivity index (χ0v) is 20.2. The number of hydrogen-bond acceptors (Lipinski definition) is 7. The molecule has 0 spiro atoms. The molecule has 0 radical (unpaired) electrons. The fourth-order valence-corrected chi connectivity index (χ4v) is 3.34. The van der Waals surface area contributed by atoms with Gasteiger partial charge in [-0.1, -0.05) is 18.2 Å². The van der Waals surface area contributed by atoms with Gasteiger partial charge in [0.1, 0.15) is 22.8 Å². The SMILES string of the molecule is CNC(=O)c1cc(Oc2ccc(NC(=O)c3nn(C(=O)OC(C)(C)C)c4ccccc34)cc2)ccn1. The molecule has 10 nitrogen and oxygen atoms in total. The number of rotatable bonds is 5. The molecule has 0 aliphatic heterocycles. The van der Waals surface area contributed by atoms with E-state index in [2.05, 4.69) is 20.7 Å². The van der Waals surface area contributed by atoms with E-state index in [4.69, 9.17) is 9.47 Å². The number of benzene rings is 2. The van der Waals surface area contributed by atoms with Crippen LogP contribution in [0.3, 0.4) is 0 Å². The first-order valence-electron chi connectivity index (χ1n) is 11.1. The molecular formula is C26H25N5O5. The van der Waals surface area contributed by atoms with E-state index >= 15 is 0 Å². The number of hydrogen-bond donors (Lipinski definition) is 2. The van der Waals surface area contributed by atoms with Crippen molar-refractivity contribution in [3.05, 3.63) is 78.2 Å². The van der Waals surface area contributed by atoms with Gasteiger partial charge >= 0.3 is 6.09 Å². The van der Waals surface area contributed by atoms with Crippen LogP contribution in [0.2, 0.25) is 0 Å². The van der Waals surface area contributed by atoms with Gasteiger partial charge in [0.2, 0.25) is 0 Å². The van der Waals surface area contributed by atoms with E-state index in [1.165, 1.54) is 19.3 Å². The summed E-state index contributed by atoms with van der Waals surface area (Å²) in [5, 5.41) is 10.1. The number of ether oxygens (including phenoxy) is 2. The van der Waals surface area contributed by atoms with Crippen molar-refractivity contribution in [2.24, 2.45) is 0 Å². The summed E-state index contributed by atoms with van der Waals surface area (Å²) >= 11 is 0. The Morgan fingerprint density at radius 2 is 1.64 bits per heavy atom. The summed E-state index contributed by atoms with van der Waals surface area (Å²) in [6, 6.07) is 16.8. The molecule has 2 N–H and O–H groups in total. The number of pyridine rings is 1. The summed E-state index contributed by atoms with van der Waals surface area (Å²) in [5.74, 6) is 0.146. The Balaban J connectivity index is 1.51. The molecule has 0 saturated heterocycles. The van der Waals surface area contributed by atoms with Crippen LogP contribution < -0.4 is 15.4 Å². The van der Waals surface area contributed by atoms with Gasteiger partial charge in [-0.25, -0.2) is 4.79 Å². The number of carbonyl (C=O) groups excluding carboxylic acids is 3. The van der Waals surface area contributed by atoms with Gasteiger partial charge in [0.25, 0.3) is 11.8 Å². The highest BCUT2D eigenvalue weighted by Crippen LogP contribution is 2.25. The minimum absolute atomic E-state index is 0.0929. The fraction of sp³-hybridized carbons (Fsp3) is 0.192. The third kappa shape index (κ3) is 5.49. The van der Waals surface area contributed by atoms with Gasteiger partial charge in [0, 0.05) is 30.4 Å². The number of carbonyl (C=O) groups is 3. The average molecular weight is 488 g/mol. The van der Waals surface area contributed by atoms with Crippen molar-refractivity contribution in [2.45, 2.75) is 26.4 Å². The Kier molecular flexibility index (Phi) is 6.69. The molecule has 2 aromatic heterocycles. The number of para-hydroxylation sites is 1. The molecule has 0 aliphatic rings. The zero-order chi connectivity index (χ0) is 25.9. The van der Waals surface area contributed by atoms with Crippen LogP contribution in [0.1, 0.15) is 41.7 Å². The minimum atomic E-state index is -0.712. The van der Waals surface area contributed by atoms with Gasteiger partial charge in [-0.05, 0) is 57.2 Å². The molecule has 184 valence electrons. The van der Waals surface area contributed by atoms with Gasteiger partial charge in [-0.15, -0.1) is 0 Å². The first-order chi connectivity index (χ1) is 17.1. The second kappa shape index (κ2) is 9.87. The molecule has 0 bridgehead atoms. The molecule has 2 aromatic carbocycles. The van der Waals surface area contributed by atoms with Crippen LogP contribution in [0, 0.1) is 0 Å². The molecular weight excluding hydrogens is 462 g/mol. The standard InChI is InChI=1S/C26H25N5O5/c1-26(2,3)36-25(34)31-21-8-6-5-7-19(21)22(30-31)24(33)29-16-9-11-17(12-10-16)35-18-13-14-28-20(15-18)23(32)27-4/h5-15H,1-4H3,(H,27,32)(H,29,33). The van der Waals surface area contributed by atoms with Crippen molar-refractivity contribution in [2.75, 3.05) is 12.4 Å². The molecule has 10 heteroatoms. The Morgan fingerprint density at radius 1 is 0.917 bits per heavy atom. The van der Waals surface area contributed by atoms with Crippen LogP contribution in [-0.2, 0) is 4.74 Å². The molecule has 4 aromatic rings. The van der Waals surface area contributed by atoms with Crippen LogP contribution in [0.4, 0.5) is 10.5 Å². The van der Waals surface area contributed by atoms with Gasteiger partial charge in [-0.3, -0.25) is 14.6 Å². The van der Waals surface area contributed by atoms with E-state index in [-0.39, 0.29) is 17.3 Å². The smallest absolute Gasteiger partial charge is 0.435 e. The van der Waals surface area contributed by atoms with Gasteiger partial charge in [0.05, 0.1) is 5.52 Å². The van der Waals surface area contributed by atoms with Gasteiger partial charge in [0.15, 0.2) is 5.69 Å². The quantitative estimate of drug-likeness (QED) is 0.421. The minimum Gasteiger partial charge on any atom is -0.457 e. The summed E-state index contributed by atoms with van der Waals surface area (Å²) in [6.07, 6.45) is 0.810. The Hall–Kier alpha value is -4.73. The number of amides is 2. The van der Waals surface area contributed by atoms with Crippen LogP contribution in [0.5, 0.6) is 11.5 Å². The van der Waals surface area contributed by atoms with Crippen molar-refractivity contribution in [3.63, 3.8) is 0 Å². The summed E-state index contributed by atoms with van der Waals surface area (Å²) in [6.45, 7) is 5.27. The highest BCUT2D eigenvalue weighted by atomic mass is 16.6. The second-order valence-corrected chi connectivity index (χ2v) is 8.79. The molecule has 0 aliphatic carbocycles. The maximum Gasteiger partial charge on any atom is 0.435 e. The van der Waals surface area contributed by atoms with E-state index in [0.29, 0.717) is 28.1 Å². The predicted octanol–water partition coefficient (Wildman–Crippen LogP) is 4.62. The highest BCUT2D eigenvalue weighted by Gasteiger charge is 2.24. The monoisotopic (exact) mass is 487 g/mol. The zero-order valence-electron chi connectivity index (χ0n) is 20.2. The third-order valence-corrected chi connectivity index (χ3v) is 4.91. The van der Waals surface area contributed by atoms with E-state index in [9.17, 15) is 14.4 Å².